The maximum atomic E-state index is 8.85. The van der Waals surface area contributed by atoms with Crippen molar-refractivity contribution in [2.45, 2.75) is 26.0 Å². The average Bonchev–Trinajstić information content (AvgIpc) is 2.32. The van der Waals surface area contributed by atoms with Crippen LogP contribution in [0.4, 0.5) is 5.69 Å². The fraction of sp³-hybridized carbons (Fsp3) is 0.462. The minimum Gasteiger partial charge on any atom is -0.375 e. The van der Waals surface area contributed by atoms with E-state index < -0.39 is 0 Å². The Morgan fingerprint density at radius 2 is 2.24 bits per heavy atom. The molecule has 0 amide bonds. The first-order valence-corrected chi connectivity index (χ1v) is 6.07. The van der Waals surface area contributed by atoms with Crippen molar-refractivity contribution in [3.05, 3.63) is 28.8 Å². The largest absolute Gasteiger partial charge is 0.375 e. The molecule has 1 aliphatic heterocycles. The van der Waals surface area contributed by atoms with Crippen LogP contribution in [0.1, 0.15) is 19.4 Å². The Hall–Kier alpha value is -1.24. The summed E-state index contributed by atoms with van der Waals surface area (Å²) in [7, 11) is 0. The lowest BCUT2D eigenvalue weighted by Gasteiger charge is -2.38. The Bertz CT molecular complexity index is 455. The molecule has 0 aliphatic carbocycles. The second kappa shape index (κ2) is 4.95. The lowest BCUT2D eigenvalue weighted by molar-refractivity contribution is 0.0344. The van der Waals surface area contributed by atoms with Gasteiger partial charge < -0.3 is 9.64 Å². The molecule has 1 aliphatic rings. The van der Waals surface area contributed by atoms with Crippen LogP contribution < -0.4 is 4.90 Å². The molecular formula is C13H15ClN2O. The number of benzene rings is 1. The van der Waals surface area contributed by atoms with Crippen LogP contribution in [0.3, 0.4) is 0 Å². The number of nitrogens with zero attached hydrogens (tertiary/aromatic N) is 2. The molecule has 0 spiro atoms. The third-order valence-electron chi connectivity index (χ3n) is 3.01. The van der Waals surface area contributed by atoms with Gasteiger partial charge >= 0.3 is 0 Å². The first-order valence-electron chi connectivity index (χ1n) is 5.69. The van der Waals surface area contributed by atoms with E-state index in [-0.39, 0.29) is 6.10 Å². The molecule has 2 atom stereocenters. The molecule has 2 rings (SSSR count). The van der Waals surface area contributed by atoms with Crippen LogP contribution in [0, 0.1) is 11.3 Å². The van der Waals surface area contributed by atoms with Gasteiger partial charge in [-0.15, -0.1) is 0 Å². The summed E-state index contributed by atoms with van der Waals surface area (Å²) in [6, 6.07) is 7.97. The van der Waals surface area contributed by atoms with Crippen molar-refractivity contribution in [3.8, 4) is 6.07 Å². The maximum Gasteiger partial charge on any atom is 0.101 e. The van der Waals surface area contributed by atoms with Crippen molar-refractivity contribution in [2.75, 3.05) is 18.1 Å². The van der Waals surface area contributed by atoms with Crippen molar-refractivity contribution in [3.63, 3.8) is 0 Å². The second-order valence-corrected chi connectivity index (χ2v) is 4.83. The number of morpholine rings is 1. The SMILES string of the molecule is CC1CN(c2ccc(C#N)c(Cl)c2)C(C)CO1. The van der Waals surface area contributed by atoms with Crippen LogP contribution in [0.15, 0.2) is 18.2 Å². The van der Waals surface area contributed by atoms with Gasteiger partial charge in [0, 0.05) is 18.3 Å². The molecule has 90 valence electrons. The molecule has 3 nitrogen and oxygen atoms in total. The number of halogens is 1. The molecule has 1 aromatic rings. The summed E-state index contributed by atoms with van der Waals surface area (Å²) in [4.78, 5) is 2.27. The van der Waals surface area contributed by atoms with E-state index in [0.29, 0.717) is 16.6 Å². The highest BCUT2D eigenvalue weighted by Gasteiger charge is 2.23. The zero-order chi connectivity index (χ0) is 12.4. The topological polar surface area (TPSA) is 36.3 Å². The molecule has 0 saturated carbocycles. The Balaban J connectivity index is 2.27. The van der Waals surface area contributed by atoms with Crippen molar-refractivity contribution in [1.82, 2.24) is 0 Å². The smallest absolute Gasteiger partial charge is 0.101 e. The molecule has 1 aromatic carbocycles. The van der Waals surface area contributed by atoms with Gasteiger partial charge in [-0.2, -0.15) is 5.26 Å². The summed E-state index contributed by atoms with van der Waals surface area (Å²) < 4.78 is 5.59. The first kappa shape index (κ1) is 12.2. The van der Waals surface area contributed by atoms with Crippen LogP contribution >= 0.6 is 11.6 Å². The van der Waals surface area contributed by atoms with E-state index in [1.54, 1.807) is 6.07 Å². The molecule has 0 aromatic heterocycles. The molecular weight excluding hydrogens is 236 g/mol. The number of ether oxygens (including phenoxy) is 1. The molecule has 0 N–H and O–H groups in total. The van der Waals surface area contributed by atoms with Gasteiger partial charge in [0.05, 0.1) is 23.3 Å². The fourth-order valence-corrected chi connectivity index (χ4v) is 2.25. The van der Waals surface area contributed by atoms with E-state index in [1.807, 2.05) is 12.1 Å². The molecule has 1 heterocycles. The molecule has 1 saturated heterocycles. The van der Waals surface area contributed by atoms with E-state index in [9.17, 15) is 0 Å². The molecule has 0 radical (unpaired) electrons. The lowest BCUT2D eigenvalue weighted by atomic mass is 10.1. The predicted octanol–water partition coefficient (Wildman–Crippen LogP) is 2.83. The summed E-state index contributed by atoms with van der Waals surface area (Å²) in [5, 5.41) is 9.36. The van der Waals surface area contributed by atoms with Crippen molar-refractivity contribution < 1.29 is 4.74 Å². The summed E-state index contributed by atoms with van der Waals surface area (Å²) in [5.74, 6) is 0. The third kappa shape index (κ3) is 2.54. The van der Waals surface area contributed by atoms with Gasteiger partial charge in [-0.25, -0.2) is 0 Å². The predicted molar refractivity (Wildman–Crippen MR) is 68.4 cm³/mol. The highest BCUT2D eigenvalue weighted by atomic mass is 35.5. The van der Waals surface area contributed by atoms with Crippen molar-refractivity contribution in [1.29, 1.82) is 5.26 Å². The molecule has 0 bridgehead atoms. The highest BCUT2D eigenvalue weighted by Crippen LogP contribution is 2.26. The number of nitriles is 1. The number of anilines is 1. The minimum atomic E-state index is 0.223. The lowest BCUT2D eigenvalue weighted by Crippen LogP contribution is -2.47. The highest BCUT2D eigenvalue weighted by molar-refractivity contribution is 6.32. The van der Waals surface area contributed by atoms with E-state index >= 15 is 0 Å². The van der Waals surface area contributed by atoms with E-state index in [1.165, 1.54) is 0 Å². The quantitative estimate of drug-likeness (QED) is 0.769. The van der Waals surface area contributed by atoms with Gasteiger partial charge in [-0.3, -0.25) is 0 Å². The van der Waals surface area contributed by atoms with Crippen molar-refractivity contribution in [2.24, 2.45) is 0 Å². The fourth-order valence-electron chi connectivity index (χ4n) is 2.04. The Morgan fingerprint density at radius 3 is 2.88 bits per heavy atom. The zero-order valence-electron chi connectivity index (χ0n) is 9.98. The Morgan fingerprint density at radius 1 is 1.47 bits per heavy atom. The summed E-state index contributed by atoms with van der Waals surface area (Å²) in [6.07, 6.45) is 0.223. The van der Waals surface area contributed by atoms with Crippen molar-refractivity contribution >= 4 is 17.3 Å². The van der Waals surface area contributed by atoms with E-state index in [2.05, 4.69) is 24.8 Å². The van der Waals surface area contributed by atoms with Gasteiger partial charge in [0.1, 0.15) is 6.07 Å². The monoisotopic (exact) mass is 250 g/mol. The molecule has 17 heavy (non-hydrogen) atoms. The van der Waals surface area contributed by atoms with Gasteiger partial charge in [0.25, 0.3) is 0 Å². The van der Waals surface area contributed by atoms with Gasteiger partial charge in [0.2, 0.25) is 0 Å². The maximum absolute atomic E-state index is 8.85. The van der Waals surface area contributed by atoms with E-state index in [0.717, 1.165) is 18.8 Å². The third-order valence-corrected chi connectivity index (χ3v) is 3.33. The van der Waals surface area contributed by atoms with Crippen LogP contribution in [0.25, 0.3) is 0 Å². The zero-order valence-corrected chi connectivity index (χ0v) is 10.7. The molecule has 1 fully saturated rings. The summed E-state index contributed by atoms with van der Waals surface area (Å²) in [6.45, 7) is 5.75. The number of hydrogen-bond acceptors (Lipinski definition) is 3. The summed E-state index contributed by atoms with van der Waals surface area (Å²) >= 11 is 6.05. The standard InChI is InChI=1S/C13H15ClN2O/c1-9-8-17-10(2)7-16(9)12-4-3-11(6-15)13(14)5-12/h3-5,9-10H,7-8H2,1-2H3. The first-order chi connectivity index (χ1) is 8.11. The van der Waals surface area contributed by atoms with E-state index in [4.69, 9.17) is 21.6 Å². The van der Waals surface area contributed by atoms with Crippen LogP contribution in [-0.4, -0.2) is 25.3 Å². The van der Waals surface area contributed by atoms with Gasteiger partial charge in [0.15, 0.2) is 0 Å². The minimum absolute atomic E-state index is 0.223. The normalized spacial score (nSPS) is 24.5. The van der Waals surface area contributed by atoms with Gasteiger partial charge in [-0.05, 0) is 32.0 Å². The van der Waals surface area contributed by atoms with Gasteiger partial charge in [-0.1, -0.05) is 11.6 Å². The Labute approximate surface area is 107 Å². The molecule has 2 unspecified atom stereocenters. The average molecular weight is 251 g/mol. The number of hydrogen-bond donors (Lipinski definition) is 0. The van der Waals surface area contributed by atoms with Crippen LogP contribution in [0.2, 0.25) is 5.02 Å². The van der Waals surface area contributed by atoms with Crippen LogP contribution in [-0.2, 0) is 4.74 Å². The van der Waals surface area contributed by atoms with Crippen LogP contribution in [0.5, 0.6) is 0 Å². The summed E-state index contributed by atoms with van der Waals surface area (Å²) in [5.41, 5.74) is 1.57. The second-order valence-electron chi connectivity index (χ2n) is 4.42. The Kier molecular flexibility index (Phi) is 3.56. The number of rotatable bonds is 1. The molecule has 4 heteroatoms.